The van der Waals surface area contributed by atoms with Crippen LogP contribution in [0.25, 0.3) is 0 Å². The second kappa shape index (κ2) is 4.57. The summed E-state index contributed by atoms with van der Waals surface area (Å²) in [6, 6.07) is 0. The van der Waals surface area contributed by atoms with E-state index in [2.05, 4.69) is 4.98 Å². The molecule has 0 spiro atoms. The molecule has 0 aliphatic heterocycles. The quantitative estimate of drug-likeness (QED) is 0.857. The number of aliphatic carboxylic acids is 1. The molecule has 0 atom stereocenters. The van der Waals surface area contributed by atoms with E-state index < -0.39 is 17.4 Å². The molecule has 0 unspecified atom stereocenters. The molecule has 0 aromatic carbocycles. The Labute approximate surface area is 99.2 Å². The van der Waals surface area contributed by atoms with Crippen molar-refractivity contribution >= 4 is 11.9 Å². The maximum atomic E-state index is 12.0. The van der Waals surface area contributed by atoms with Crippen molar-refractivity contribution in [2.75, 3.05) is 7.05 Å². The van der Waals surface area contributed by atoms with E-state index in [0.29, 0.717) is 5.76 Å². The summed E-state index contributed by atoms with van der Waals surface area (Å²) in [4.78, 5) is 27.8. The van der Waals surface area contributed by atoms with Gasteiger partial charge in [-0.25, -0.2) is 4.98 Å². The molecule has 0 aliphatic rings. The zero-order valence-electron chi connectivity index (χ0n) is 10.4. The first-order valence-electron chi connectivity index (χ1n) is 5.16. The minimum absolute atomic E-state index is 0.0246. The molecule has 0 bridgehead atoms. The van der Waals surface area contributed by atoms with Crippen molar-refractivity contribution in [1.82, 2.24) is 9.88 Å². The highest BCUT2D eigenvalue weighted by molar-refractivity contribution is 5.90. The van der Waals surface area contributed by atoms with E-state index in [9.17, 15) is 9.59 Å². The monoisotopic (exact) mass is 240 g/mol. The van der Waals surface area contributed by atoms with Crippen LogP contribution in [0.3, 0.4) is 0 Å². The van der Waals surface area contributed by atoms with Crippen LogP contribution in [0.5, 0.6) is 0 Å². The van der Waals surface area contributed by atoms with Gasteiger partial charge in [0.1, 0.15) is 5.76 Å². The van der Waals surface area contributed by atoms with E-state index >= 15 is 0 Å². The van der Waals surface area contributed by atoms with Gasteiger partial charge in [0, 0.05) is 12.6 Å². The molecule has 17 heavy (non-hydrogen) atoms. The van der Waals surface area contributed by atoms with Crippen LogP contribution in [0.15, 0.2) is 10.6 Å². The van der Waals surface area contributed by atoms with Gasteiger partial charge >= 0.3 is 11.9 Å². The number of aromatic nitrogens is 1. The molecule has 1 heterocycles. The van der Waals surface area contributed by atoms with Crippen LogP contribution >= 0.6 is 0 Å². The van der Waals surface area contributed by atoms with Gasteiger partial charge < -0.3 is 14.4 Å². The molecular weight excluding hydrogens is 224 g/mol. The molecular formula is C11H16N2O4. The van der Waals surface area contributed by atoms with Gasteiger partial charge in [0.15, 0.2) is 0 Å². The van der Waals surface area contributed by atoms with E-state index in [0.717, 1.165) is 0 Å². The van der Waals surface area contributed by atoms with Crippen molar-refractivity contribution in [3.63, 3.8) is 0 Å². The van der Waals surface area contributed by atoms with Crippen molar-refractivity contribution in [1.29, 1.82) is 0 Å². The third-order valence-electron chi connectivity index (χ3n) is 2.60. The fraction of sp³-hybridized carbons (Fsp3) is 0.545. The van der Waals surface area contributed by atoms with Crippen molar-refractivity contribution in [3.05, 3.63) is 17.8 Å². The summed E-state index contributed by atoms with van der Waals surface area (Å²) in [5, 5.41) is 8.78. The minimum Gasteiger partial charge on any atom is -0.481 e. The normalized spacial score (nSPS) is 11.3. The van der Waals surface area contributed by atoms with Crippen LogP contribution in [0, 0.1) is 6.92 Å². The van der Waals surface area contributed by atoms with Gasteiger partial charge in [-0.05, 0) is 20.8 Å². The summed E-state index contributed by atoms with van der Waals surface area (Å²) in [7, 11) is 1.53. The molecule has 1 N–H and O–H groups in total. The predicted molar refractivity (Wildman–Crippen MR) is 59.7 cm³/mol. The van der Waals surface area contributed by atoms with Gasteiger partial charge in [-0.1, -0.05) is 0 Å². The van der Waals surface area contributed by atoms with Crippen LogP contribution in [0.4, 0.5) is 0 Å². The first-order valence-corrected chi connectivity index (χ1v) is 5.16. The summed E-state index contributed by atoms with van der Waals surface area (Å²) in [5.74, 6) is -0.871. The lowest BCUT2D eigenvalue weighted by Gasteiger charge is -2.33. The van der Waals surface area contributed by atoms with Crippen molar-refractivity contribution < 1.29 is 19.1 Å². The van der Waals surface area contributed by atoms with Gasteiger partial charge in [-0.15, -0.1) is 0 Å². The van der Waals surface area contributed by atoms with Crippen LogP contribution in [0.1, 0.15) is 36.7 Å². The average Bonchev–Trinajstić information content (AvgIpc) is 2.60. The van der Waals surface area contributed by atoms with Crippen LogP contribution < -0.4 is 0 Å². The van der Waals surface area contributed by atoms with Crippen LogP contribution in [-0.4, -0.2) is 39.5 Å². The Kier molecular flexibility index (Phi) is 3.55. The number of carbonyl (C=O) groups excluding carboxylic acids is 1. The zero-order chi connectivity index (χ0) is 13.2. The third-order valence-corrected chi connectivity index (χ3v) is 2.60. The van der Waals surface area contributed by atoms with Crippen LogP contribution in [-0.2, 0) is 4.79 Å². The molecule has 1 rings (SSSR count). The molecule has 0 saturated heterocycles. The average molecular weight is 240 g/mol. The Bertz CT molecular complexity index is 436. The highest BCUT2D eigenvalue weighted by Gasteiger charge is 2.32. The molecule has 0 radical (unpaired) electrons. The number of hydrogen-bond donors (Lipinski definition) is 1. The van der Waals surface area contributed by atoms with Crippen LogP contribution in [0.2, 0.25) is 0 Å². The fourth-order valence-electron chi connectivity index (χ4n) is 1.36. The number of carbonyl (C=O) groups is 2. The number of aryl methyl sites for hydroxylation is 1. The summed E-state index contributed by atoms with van der Waals surface area (Å²) >= 11 is 0. The molecule has 0 fully saturated rings. The Hall–Kier alpha value is -1.85. The highest BCUT2D eigenvalue weighted by Crippen LogP contribution is 2.19. The summed E-state index contributed by atoms with van der Waals surface area (Å²) < 4.78 is 5.12. The number of rotatable bonds is 4. The number of amides is 1. The number of oxazole rings is 1. The predicted octanol–water partition coefficient (Wildman–Crippen LogP) is 1.31. The standard InChI is InChI=1S/C11H16N2O4/c1-7-6-12-9(17-7)10(16)13(4)11(2,3)5-8(14)15/h6H,5H2,1-4H3,(H,14,15). The van der Waals surface area contributed by atoms with E-state index in [1.807, 2.05) is 0 Å². The molecule has 94 valence electrons. The van der Waals surface area contributed by atoms with E-state index in [1.165, 1.54) is 18.1 Å². The summed E-state index contributed by atoms with van der Waals surface area (Å²) in [5.41, 5.74) is -0.800. The van der Waals surface area contributed by atoms with Gasteiger partial charge in [-0.3, -0.25) is 9.59 Å². The second-order valence-corrected chi connectivity index (χ2v) is 4.52. The number of carboxylic acid groups (broad SMARTS) is 1. The van der Waals surface area contributed by atoms with Crippen molar-refractivity contribution in [3.8, 4) is 0 Å². The SMILES string of the molecule is Cc1cnc(C(=O)N(C)C(C)(C)CC(=O)O)o1. The Morgan fingerprint density at radius 3 is 2.53 bits per heavy atom. The summed E-state index contributed by atoms with van der Waals surface area (Å²) in [6.45, 7) is 5.04. The first kappa shape index (κ1) is 13.2. The topological polar surface area (TPSA) is 83.6 Å². The third kappa shape index (κ3) is 3.05. The molecule has 1 aromatic heterocycles. The molecule has 0 saturated carbocycles. The van der Waals surface area contributed by atoms with Crippen molar-refractivity contribution in [2.24, 2.45) is 0 Å². The molecule has 0 aliphatic carbocycles. The molecule has 6 heteroatoms. The lowest BCUT2D eigenvalue weighted by molar-refractivity contribution is -0.139. The van der Waals surface area contributed by atoms with Gasteiger partial charge in [0.25, 0.3) is 5.89 Å². The van der Waals surface area contributed by atoms with Gasteiger partial charge in [-0.2, -0.15) is 0 Å². The van der Waals surface area contributed by atoms with E-state index in [4.69, 9.17) is 9.52 Å². The number of hydrogen-bond acceptors (Lipinski definition) is 4. The lowest BCUT2D eigenvalue weighted by Crippen LogP contribution is -2.46. The minimum atomic E-state index is -0.960. The lowest BCUT2D eigenvalue weighted by atomic mass is 9.99. The van der Waals surface area contributed by atoms with E-state index in [-0.39, 0.29) is 12.3 Å². The van der Waals surface area contributed by atoms with Gasteiger partial charge in [0.05, 0.1) is 12.6 Å². The molecule has 1 aromatic rings. The zero-order valence-corrected chi connectivity index (χ0v) is 10.4. The molecule has 1 amide bonds. The maximum absolute atomic E-state index is 12.0. The number of carboxylic acids is 1. The maximum Gasteiger partial charge on any atom is 0.309 e. The Morgan fingerprint density at radius 2 is 2.12 bits per heavy atom. The highest BCUT2D eigenvalue weighted by atomic mass is 16.4. The smallest absolute Gasteiger partial charge is 0.309 e. The van der Waals surface area contributed by atoms with Gasteiger partial charge in [0.2, 0.25) is 0 Å². The largest absolute Gasteiger partial charge is 0.481 e. The Balaban J connectivity index is 2.86. The van der Waals surface area contributed by atoms with E-state index in [1.54, 1.807) is 20.8 Å². The molecule has 6 nitrogen and oxygen atoms in total. The first-order chi connectivity index (χ1) is 7.74. The number of nitrogens with zero attached hydrogens (tertiary/aromatic N) is 2. The Morgan fingerprint density at radius 1 is 1.53 bits per heavy atom. The fourth-order valence-corrected chi connectivity index (χ4v) is 1.36. The van der Waals surface area contributed by atoms with Crippen molar-refractivity contribution in [2.45, 2.75) is 32.7 Å². The second-order valence-electron chi connectivity index (χ2n) is 4.52. The summed E-state index contributed by atoms with van der Waals surface area (Å²) in [6.07, 6.45) is 1.31.